The molecule has 1 aromatic heterocycles. The van der Waals surface area contributed by atoms with Crippen LogP contribution in [0.25, 0.3) is 6.08 Å². The summed E-state index contributed by atoms with van der Waals surface area (Å²) in [5, 5.41) is 6.58. The molecule has 2 aromatic rings. The Kier molecular flexibility index (Phi) is 4.55. The number of hydrogen-bond donors (Lipinski definition) is 1. The summed E-state index contributed by atoms with van der Waals surface area (Å²) >= 11 is 0. The summed E-state index contributed by atoms with van der Waals surface area (Å²) in [6, 6.07) is 7.55. The molecule has 0 aliphatic rings. The van der Waals surface area contributed by atoms with E-state index in [-0.39, 0.29) is 5.91 Å². The van der Waals surface area contributed by atoms with Crippen molar-refractivity contribution in [1.29, 1.82) is 0 Å². The van der Waals surface area contributed by atoms with Crippen LogP contribution in [-0.2, 0) is 11.3 Å². The largest absolute Gasteiger partial charge is 0.497 e. The molecule has 1 heterocycles. The number of benzene rings is 1. The Morgan fingerprint density at radius 3 is 3.05 bits per heavy atom. The molecule has 1 amide bonds. The summed E-state index contributed by atoms with van der Waals surface area (Å²) < 4.78 is 5.14. The van der Waals surface area contributed by atoms with Crippen LogP contribution < -0.4 is 4.74 Å². The van der Waals surface area contributed by atoms with Crippen molar-refractivity contribution >= 4 is 12.0 Å². The van der Waals surface area contributed by atoms with Gasteiger partial charge in [-0.05, 0) is 23.8 Å². The third-order valence-electron chi connectivity index (χ3n) is 2.86. The summed E-state index contributed by atoms with van der Waals surface area (Å²) in [4.78, 5) is 13.6. The van der Waals surface area contributed by atoms with E-state index in [1.54, 1.807) is 43.6 Å². The number of nitrogens with one attached hydrogen (secondary N) is 1. The van der Waals surface area contributed by atoms with Gasteiger partial charge in [0.1, 0.15) is 5.75 Å². The normalized spacial score (nSPS) is 10.7. The van der Waals surface area contributed by atoms with Crippen LogP contribution >= 0.6 is 0 Å². The molecule has 1 aromatic carbocycles. The first-order valence-corrected chi connectivity index (χ1v) is 6.24. The molecule has 0 bridgehead atoms. The lowest BCUT2D eigenvalue weighted by Crippen LogP contribution is -2.23. The predicted molar refractivity (Wildman–Crippen MR) is 77.1 cm³/mol. The van der Waals surface area contributed by atoms with Gasteiger partial charge in [-0.3, -0.25) is 9.89 Å². The van der Waals surface area contributed by atoms with Gasteiger partial charge in [0.25, 0.3) is 0 Å². The van der Waals surface area contributed by atoms with Gasteiger partial charge in [0.05, 0.1) is 13.3 Å². The minimum Gasteiger partial charge on any atom is -0.497 e. The second-order valence-electron chi connectivity index (χ2n) is 4.41. The number of methoxy groups -OCH3 is 1. The molecule has 0 radical (unpaired) electrons. The number of hydrogen-bond acceptors (Lipinski definition) is 3. The molecule has 5 nitrogen and oxygen atoms in total. The fourth-order valence-electron chi connectivity index (χ4n) is 1.76. The molecular formula is C15H17N3O2. The van der Waals surface area contributed by atoms with Crippen molar-refractivity contribution in [3.8, 4) is 5.75 Å². The van der Waals surface area contributed by atoms with E-state index in [0.717, 1.165) is 16.9 Å². The summed E-state index contributed by atoms with van der Waals surface area (Å²) in [5.41, 5.74) is 1.89. The topological polar surface area (TPSA) is 58.2 Å². The van der Waals surface area contributed by atoms with Gasteiger partial charge in [0.2, 0.25) is 5.91 Å². The zero-order chi connectivity index (χ0) is 14.4. The standard InChI is InChI=1S/C15H17N3O2/c1-18(11-13-9-16-17-10-13)15(19)7-6-12-4-3-5-14(8-12)20-2/h3-10H,11H2,1-2H3,(H,16,17). The Morgan fingerprint density at radius 1 is 1.50 bits per heavy atom. The number of aromatic amines is 1. The van der Waals surface area contributed by atoms with E-state index in [4.69, 9.17) is 4.74 Å². The zero-order valence-electron chi connectivity index (χ0n) is 11.5. The van der Waals surface area contributed by atoms with E-state index in [1.165, 1.54) is 0 Å². The minimum atomic E-state index is -0.0611. The molecule has 5 heteroatoms. The number of amides is 1. The molecule has 0 fully saturated rings. The lowest BCUT2D eigenvalue weighted by atomic mass is 10.2. The van der Waals surface area contributed by atoms with Crippen LogP contribution in [0.5, 0.6) is 5.75 Å². The number of carbonyl (C=O) groups is 1. The van der Waals surface area contributed by atoms with Crippen molar-refractivity contribution in [3.63, 3.8) is 0 Å². The number of H-pyrrole nitrogens is 1. The average molecular weight is 271 g/mol. The summed E-state index contributed by atoms with van der Waals surface area (Å²) in [6.07, 6.45) is 6.80. The van der Waals surface area contributed by atoms with Crippen LogP contribution in [0.4, 0.5) is 0 Å². The van der Waals surface area contributed by atoms with E-state index in [0.29, 0.717) is 6.54 Å². The second-order valence-corrected chi connectivity index (χ2v) is 4.41. The Labute approximate surface area is 117 Å². The molecule has 20 heavy (non-hydrogen) atoms. The average Bonchev–Trinajstić information content (AvgIpc) is 2.97. The molecule has 2 rings (SSSR count). The van der Waals surface area contributed by atoms with Crippen LogP contribution in [0.15, 0.2) is 42.7 Å². The van der Waals surface area contributed by atoms with Crippen molar-refractivity contribution in [3.05, 3.63) is 53.9 Å². The quantitative estimate of drug-likeness (QED) is 0.847. The molecule has 0 saturated heterocycles. The molecule has 0 saturated carbocycles. The summed E-state index contributed by atoms with van der Waals surface area (Å²) in [7, 11) is 3.37. The number of likely N-dealkylation sites (N-methyl/N-ethyl adjacent to an activating group) is 1. The fraction of sp³-hybridized carbons (Fsp3) is 0.200. The predicted octanol–water partition coefficient (Wildman–Crippen LogP) is 2.09. The van der Waals surface area contributed by atoms with Crippen molar-refractivity contribution < 1.29 is 9.53 Å². The Morgan fingerprint density at radius 2 is 2.35 bits per heavy atom. The number of carbonyl (C=O) groups excluding carboxylic acids is 1. The smallest absolute Gasteiger partial charge is 0.246 e. The lowest BCUT2D eigenvalue weighted by molar-refractivity contribution is -0.125. The van der Waals surface area contributed by atoms with Gasteiger partial charge >= 0.3 is 0 Å². The first-order valence-electron chi connectivity index (χ1n) is 6.24. The Bertz CT molecular complexity index is 591. The molecular weight excluding hydrogens is 254 g/mol. The highest BCUT2D eigenvalue weighted by Crippen LogP contribution is 2.13. The molecule has 0 atom stereocenters. The van der Waals surface area contributed by atoms with E-state index in [9.17, 15) is 4.79 Å². The molecule has 1 N–H and O–H groups in total. The minimum absolute atomic E-state index is 0.0611. The zero-order valence-corrected chi connectivity index (χ0v) is 11.5. The highest BCUT2D eigenvalue weighted by atomic mass is 16.5. The van der Waals surface area contributed by atoms with E-state index >= 15 is 0 Å². The highest BCUT2D eigenvalue weighted by Gasteiger charge is 2.06. The van der Waals surface area contributed by atoms with Crippen molar-refractivity contribution in [2.24, 2.45) is 0 Å². The number of nitrogens with zero attached hydrogens (tertiary/aromatic N) is 2. The second kappa shape index (κ2) is 6.56. The van der Waals surface area contributed by atoms with Gasteiger partial charge in [-0.1, -0.05) is 12.1 Å². The Hall–Kier alpha value is -2.56. The maximum Gasteiger partial charge on any atom is 0.246 e. The van der Waals surface area contributed by atoms with E-state index < -0.39 is 0 Å². The van der Waals surface area contributed by atoms with Crippen LogP contribution in [0.2, 0.25) is 0 Å². The number of aromatic nitrogens is 2. The molecule has 0 aliphatic carbocycles. The first kappa shape index (κ1) is 13.9. The first-order chi connectivity index (χ1) is 9.69. The van der Waals surface area contributed by atoms with Gasteiger partial charge in [-0.15, -0.1) is 0 Å². The van der Waals surface area contributed by atoms with Crippen LogP contribution in [-0.4, -0.2) is 35.2 Å². The SMILES string of the molecule is COc1cccc(C=CC(=O)N(C)Cc2cn[nH]c2)c1. The van der Waals surface area contributed by atoms with Crippen molar-refractivity contribution in [2.75, 3.05) is 14.2 Å². The lowest BCUT2D eigenvalue weighted by Gasteiger charge is -2.13. The molecule has 0 unspecified atom stereocenters. The van der Waals surface area contributed by atoms with Crippen LogP contribution in [0.1, 0.15) is 11.1 Å². The van der Waals surface area contributed by atoms with Gasteiger partial charge in [0.15, 0.2) is 0 Å². The van der Waals surface area contributed by atoms with Gasteiger partial charge < -0.3 is 9.64 Å². The fourth-order valence-corrected chi connectivity index (χ4v) is 1.76. The monoisotopic (exact) mass is 271 g/mol. The molecule has 0 aliphatic heterocycles. The van der Waals surface area contributed by atoms with Crippen molar-refractivity contribution in [2.45, 2.75) is 6.54 Å². The third-order valence-corrected chi connectivity index (χ3v) is 2.86. The van der Waals surface area contributed by atoms with Crippen molar-refractivity contribution in [1.82, 2.24) is 15.1 Å². The maximum absolute atomic E-state index is 12.0. The number of ether oxygens (including phenoxy) is 1. The van der Waals surface area contributed by atoms with E-state index in [1.807, 2.05) is 24.3 Å². The third kappa shape index (κ3) is 3.71. The van der Waals surface area contributed by atoms with Crippen LogP contribution in [0, 0.1) is 0 Å². The van der Waals surface area contributed by atoms with Gasteiger partial charge in [-0.25, -0.2) is 0 Å². The summed E-state index contributed by atoms with van der Waals surface area (Å²) in [6.45, 7) is 0.526. The molecule has 0 spiro atoms. The highest BCUT2D eigenvalue weighted by molar-refractivity contribution is 5.91. The Balaban J connectivity index is 1.97. The van der Waals surface area contributed by atoms with Gasteiger partial charge in [-0.2, -0.15) is 5.10 Å². The molecule has 104 valence electrons. The number of rotatable bonds is 5. The maximum atomic E-state index is 12.0. The van der Waals surface area contributed by atoms with E-state index in [2.05, 4.69) is 10.2 Å². The summed E-state index contributed by atoms with van der Waals surface area (Å²) in [5.74, 6) is 0.709. The van der Waals surface area contributed by atoms with Crippen LogP contribution in [0.3, 0.4) is 0 Å². The van der Waals surface area contributed by atoms with Gasteiger partial charge in [0, 0.05) is 31.4 Å².